The van der Waals surface area contributed by atoms with Gasteiger partial charge in [-0.3, -0.25) is 4.79 Å². The minimum absolute atomic E-state index is 0.316. The van der Waals surface area contributed by atoms with Crippen molar-refractivity contribution in [3.63, 3.8) is 0 Å². The Balaban J connectivity index is 2.10. The average molecular weight is 189 g/mol. The molecular formula is C12H15NO. The van der Waals surface area contributed by atoms with Gasteiger partial charge in [0.15, 0.2) is 5.78 Å². The molecule has 74 valence electrons. The Morgan fingerprint density at radius 2 is 2.14 bits per heavy atom. The van der Waals surface area contributed by atoms with Crippen LogP contribution in [0.15, 0.2) is 36.0 Å². The van der Waals surface area contributed by atoms with E-state index in [0.717, 1.165) is 18.7 Å². The van der Waals surface area contributed by atoms with Crippen molar-refractivity contribution in [1.82, 2.24) is 4.90 Å². The average Bonchev–Trinajstić information content (AvgIpc) is 2.64. The number of rotatable bonds is 1. The zero-order valence-corrected chi connectivity index (χ0v) is 8.44. The molecule has 14 heavy (non-hydrogen) atoms. The van der Waals surface area contributed by atoms with E-state index in [1.807, 2.05) is 12.2 Å². The molecule has 2 aliphatic rings. The van der Waals surface area contributed by atoms with Crippen molar-refractivity contribution in [2.45, 2.75) is 6.42 Å². The summed E-state index contributed by atoms with van der Waals surface area (Å²) < 4.78 is 0. The number of nitrogens with zero attached hydrogens (tertiary/aromatic N) is 1. The summed E-state index contributed by atoms with van der Waals surface area (Å²) in [6.07, 6.45) is 11.0. The lowest BCUT2D eigenvalue weighted by molar-refractivity contribution is -0.117. The number of carbonyl (C=O) groups excluding carboxylic acids is 1. The first-order chi connectivity index (χ1) is 6.75. The van der Waals surface area contributed by atoms with E-state index in [-0.39, 0.29) is 0 Å². The van der Waals surface area contributed by atoms with Crippen LogP contribution in [0.3, 0.4) is 0 Å². The fourth-order valence-electron chi connectivity index (χ4n) is 1.85. The van der Waals surface area contributed by atoms with Crippen LogP contribution >= 0.6 is 0 Å². The highest BCUT2D eigenvalue weighted by Crippen LogP contribution is 2.17. The first kappa shape index (κ1) is 9.41. The number of likely N-dealkylation sites (N-methyl/N-ethyl adjacent to an activating group) is 1. The molecule has 0 unspecified atom stereocenters. The molecule has 0 radical (unpaired) electrons. The third-order valence-corrected chi connectivity index (χ3v) is 2.69. The van der Waals surface area contributed by atoms with Crippen LogP contribution < -0.4 is 0 Å². The number of allylic oxidation sites excluding steroid dienone is 5. The first-order valence-corrected chi connectivity index (χ1v) is 5.03. The maximum Gasteiger partial charge on any atom is 0.161 e. The Labute approximate surface area is 84.6 Å². The zero-order valence-electron chi connectivity index (χ0n) is 8.44. The molecule has 0 bridgehead atoms. The highest BCUT2D eigenvalue weighted by molar-refractivity contribution is 5.96. The number of hydrogen-bond donors (Lipinski definition) is 0. The van der Waals surface area contributed by atoms with Crippen molar-refractivity contribution < 1.29 is 4.79 Å². The molecule has 1 saturated heterocycles. The first-order valence-electron chi connectivity index (χ1n) is 5.03. The van der Waals surface area contributed by atoms with Gasteiger partial charge in [0.1, 0.15) is 0 Å². The maximum atomic E-state index is 11.6. The molecule has 2 heteroatoms. The predicted molar refractivity (Wildman–Crippen MR) is 57.0 cm³/mol. The summed E-state index contributed by atoms with van der Waals surface area (Å²) in [5, 5.41) is 0. The second-order valence-corrected chi connectivity index (χ2v) is 3.95. The zero-order chi connectivity index (χ0) is 9.97. The van der Waals surface area contributed by atoms with Crippen LogP contribution in [0.25, 0.3) is 0 Å². The van der Waals surface area contributed by atoms with Crippen LogP contribution in [0.1, 0.15) is 6.42 Å². The van der Waals surface area contributed by atoms with Crippen molar-refractivity contribution in [3.05, 3.63) is 36.0 Å². The van der Waals surface area contributed by atoms with Crippen molar-refractivity contribution in [2.24, 2.45) is 5.92 Å². The molecule has 1 aliphatic heterocycles. The molecule has 0 atom stereocenters. The van der Waals surface area contributed by atoms with E-state index < -0.39 is 0 Å². The minimum atomic E-state index is 0.316. The quantitative estimate of drug-likeness (QED) is 0.583. The van der Waals surface area contributed by atoms with Crippen molar-refractivity contribution in [2.75, 3.05) is 20.1 Å². The Bertz CT molecular complexity index is 313. The van der Waals surface area contributed by atoms with E-state index >= 15 is 0 Å². The van der Waals surface area contributed by atoms with Crippen molar-refractivity contribution in [1.29, 1.82) is 0 Å². The van der Waals surface area contributed by atoms with E-state index in [9.17, 15) is 4.79 Å². The SMILES string of the molecule is CN1CCC(=O)/C(=C\C2C=CC=C2)C1. The van der Waals surface area contributed by atoms with Gasteiger partial charge in [-0.15, -0.1) is 0 Å². The molecule has 0 aromatic heterocycles. The van der Waals surface area contributed by atoms with Crippen LogP contribution in [-0.4, -0.2) is 30.8 Å². The van der Waals surface area contributed by atoms with Crippen molar-refractivity contribution >= 4 is 5.78 Å². The van der Waals surface area contributed by atoms with Gasteiger partial charge in [-0.1, -0.05) is 30.4 Å². The molecule has 2 nitrogen and oxygen atoms in total. The smallest absolute Gasteiger partial charge is 0.161 e. The van der Waals surface area contributed by atoms with Gasteiger partial charge < -0.3 is 4.90 Å². The van der Waals surface area contributed by atoms with Crippen LogP contribution in [-0.2, 0) is 4.79 Å². The second-order valence-electron chi connectivity index (χ2n) is 3.95. The Morgan fingerprint density at radius 3 is 2.86 bits per heavy atom. The Hall–Kier alpha value is -1.15. The number of hydrogen-bond acceptors (Lipinski definition) is 2. The molecule has 1 heterocycles. The second kappa shape index (κ2) is 3.93. The largest absolute Gasteiger partial charge is 0.302 e. The third kappa shape index (κ3) is 2.02. The van der Waals surface area contributed by atoms with Gasteiger partial charge >= 0.3 is 0 Å². The lowest BCUT2D eigenvalue weighted by Crippen LogP contribution is -2.32. The van der Waals surface area contributed by atoms with Gasteiger partial charge in [-0.25, -0.2) is 0 Å². The topological polar surface area (TPSA) is 20.3 Å². The monoisotopic (exact) mass is 189 g/mol. The van der Waals surface area contributed by atoms with Crippen LogP contribution in [0.5, 0.6) is 0 Å². The maximum absolute atomic E-state index is 11.6. The van der Waals surface area contributed by atoms with Gasteiger partial charge in [0.25, 0.3) is 0 Å². The van der Waals surface area contributed by atoms with Gasteiger partial charge in [0, 0.05) is 31.0 Å². The van der Waals surface area contributed by atoms with Gasteiger partial charge in [0.2, 0.25) is 0 Å². The van der Waals surface area contributed by atoms with E-state index in [1.165, 1.54) is 0 Å². The molecule has 0 aromatic carbocycles. The van der Waals surface area contributed by atoms with Crippen molar-refractivity contribution in [3.8, 4) is 0 Å². The normalized spacial score (nSPS) is 26.6. The fraction of sp³-hybridized carbons (Fsp3) is 0.417. The third-order valence-electron chi connectivity index (χ3n) is 2.69. The molecule has 0 spiro atoms. The van der Waals surface area contributed by atoms with Crippen LogP contribution in [0.4, 0.5) is 0 Å². The molecule has 0 amide bonds. The van der Waals surface area contributed by atoms with E-state index in [2.05, 4.69) is 30.2 Å². The minimum Gasteiger partial charge on any atom is -0.302 e. The fourth-order valence-corrected chi connectivity index (χ4v) is 1.85. The standard InChI is InChI=1S/C12H15NO/c1-13-7-6-12(14)11(9-13)8-10-4-2-3-5-10/h2-5,8,10H,6-7,9H2,1H3/b11-8-. The van der Waals surface area contributed by atoms with E-state index in [4.69, 9.17) is 0 Å². The van der Waals surface area contributed by atoms with Crippen LogP contribution in [0.2, 0.25) is 0 Å². The summed E-state index contributed by atoms with van der Waals surface area (Å²) >= 11 is 0. The lowest BCUT2D eigenvalue weighted by atomic mass is 9.99. The van der Waals surface area contributed by atoms with Gasteiger partial charge in [-0.05, 0) is 7.05 Å². The number of carbonyl (C=O) groups is 1. The summed E-state index contributed by atoms with van der Waals surface area (Å²) in [7, 11) is 2.06. The Morgan fingerprint density at radius 1 is 1.43 bits per heavy atom. The summed E-state index contributed by atoms with van der Waals surface area (Å²) in [5.41, 5.74) is 0.972. The molecule has 0 N–H and O–H groups in total. The molecule has 2 rings (SSSR count). The molecule has 1 fully saturated rings. The highest BCUT2D eigenvalue weighted by atomic mass is 16.1. The molecular weight excluding hydrogens is 174 g/mol. The lowest BCUT2D eigenvalue weighted by Gasteiger charge is -2.23. The van der Waals surface area contributed by atoms with Gasteiger partial charge in [0.05, 0.1) is 0 Å². The molecule has 0 saturated carbocycles. The van der Waals surface area contributed by atoms with E-state index in [1.54, 1.807) is 0 Å². The van der Waals surface area contributed by atoms with Gasteiger partial charge in [-0.2, -0.15) is 0 Å². The van der Waals surface area contributed by atoms with E-state index in [0.29, 0.717) is 18.1 Å². The number of Topliss-reactive ketones (excluding diaryl/α,β-unsaturated/α-hetero) is 1. The number of likely N-dealkylation sites (tertiary alicyclic amines) is 1. The summed E-state index contributed by atoms with van der Waals surface area (Å²) in [6, 6.07) is 0. The summed E-state index contributed by atoms with van der Waals surface area (Å²) in [4.78, 5) is 13.8. The molecule has 1 aliphatic carbocycles. The molecule has 0 aromatic rings. The highest BCUT2D eigenvalue weighted by Gasteiger charge is 2.19. The number of piperidine rings is 1. The Kier molecular flexibility index (Phi) is 2.64. The number of ketones is 1. The predicted octanol–water partition coefficient (Wildman–Crippen LogP) is 1.56. The summed E-state index contributed by atoms with van der Waals surface area (Å²) in [5.74, 6) is 0.650. The summed E-state index contributed by atoms with van der Waals surface area (Å²) in [6.45, 7) is 1.70. The van der Waals surface area contributed by atoms with Crippen LogP contribution in [0, 0.1) is 5.92 Å².